The van der Waals surface area contributed by atoms with Gasteiger partial charge in [0, 0.05) is 0 Å². The van der Waals surface area contributed by atoms with Crippen molar-refractivity contribution >= 4 is 0 Å². The molecule has 0 aliphatic rings. The van der Waals surface area contributed by atoms with Gasteiger partial charge in [-0.1, -0.05) is 6.07 Å². The normalized spacial score (nSPS) is 9.90. The van der Waals surface area contributed by atoms with Crippen molar-refractivity contribution in [2.24, 2.45) is 0 Å². The van der Waals surface area contributed by atoms with Gasteiger partial charge in [-0.2, -0.15) is 5.26 Å². The molecule has 2 aromatic rings. The molecule has 0 saturated heterocycles. The second-order valence-corrected chi connectivity index (χ2v) is 4.00. The number of ether oxygens (including phenoxy) is 2. The highest BCUT2D eigenvalue weighted by Gasteiger charge is 2.10. The Morgan fingerprint density at radius 2 is 1.90 bits per heavy atom. The fraction of sp³-hybridized carbons (Fsp3) is 0.133. The molecule has 0 amide bonds. The van der Waals surface area contributed by atoms with Crippen LogP contribution in [0.2, 0.25) is 0 Å². The zero-order valence-corrected chi connectivity index (χ0v) is 10.8. The third-order valence-electron chi connectivity index (χ3n) is 2.69. The second kappa shape index (κ2) is 6.04. The van der Waals surface area contributed by atoms with Crippen molar-refractivity contribution in [3.8, 4) is 23.3 Å². The fourth-order valence-electron chi connectivity index (χ4n) is 1.67. The molecule has 0 fully saturated rings. The number of aliphatic hydroxyl groups is 1. The molecule has 0 bridgehead atoms. The van der Waals surface area contributed by atoms with Gasteiger partial charge in [0.15, 0.2) is 23.1 Å². The Bertz CT molecular complexity index is 665. The third kappa shape index (κ3) is 2.87. The Labute approximate surface area is 115 Å². The molecule has 0 saturated carbocycles. The lowest BCUT2D eigenvalue weighted by Gasteiger charge is -2.12. The minimum atomic E-state index is -0.627. The van der Waals surface area contributed by atoms with Crippen LogP contribution in [0.1, 0.15) is 11.1 Å². The van der Waals surface area contributed by atoms with E-state index in [2.05, 4.69) is 0 Å². The second-order valence-electron chi connectivity index (χ2n) is 4.00. The van der Waals surface area contributed by atoms with Gasteiger partial charge in [0.1, 0.15) is 0 Å². The first-order valence-corrected chi connectivity index (χ1v) is 5.83. The van der Waals surface area contributed by atoms with Crippen LogP contribution < -0.4 is 9.47 Å². The minimum Gasteiger partial charge on any atom is -0.493 e. The molecule has 4 nitrogen and oxygen atoms in total. The number of methoxy groups -OCH3 is 1. The van der Waals surface area contributed by atoms with Crippen molar-refractivity contribution in [2.75, 3.05) is 7.11 Å². The van der Waals surface area contributed by atoms with Crippen LogP contribution in [0.15, 0.2) is 36.4 Å². The zero-order chi connectivity index (χ0) is 14.5. The topological polar surface area (TPSA) is 62.5 Å². The molecule has 0 aliphatic heterocycles. The number of rotatable bonds is 4. The third-order valence-corrected chi connectivity index (χ3v) is 2.69. The van der Waals surface area contributed by atoms with Gasteiger partial charge in [-0.05, 0) is 35.9 Å². The quantitative estimate of drug-likeness (QED) is 0.930. The largest absolute Gasteiger partial charge is 0.493 e. The number of aliphatic hydroxyl groups excluding tert-OH is 1. The highest BCUT2D eigenvalue weighted by Crippen LogP contribution is 2.33. The minimum absolute atomic E-state index is 0.000881. The first-order chi connectivity index (χ1) is 9.67. The molecule has 0 atom stereocenters. The van der Waals surface area contributed by atoms with Crippen molar-refractivity contribution in [3.05, 3.63) is 53.3 Å². The maximum atomic E-state index is 13.7. The van der Waals surface area contributed by atoms with Crippen molar-refractivity contribution in [1.82, 2.24) is 0 Å². The van der Waals surface area contributed by atoms with E-state index in [1.807, 2.05) is 6.07 Å². The van der Waals surface area contributed by atoms with E-state index in [0.29, 0.717) is 17.1 Å². The van der Waals surface area contributed by atoms with E-state index in [9.17, 15) is 4.39 Å². The Morgan fingerprint density at radius 1 is 1.15 bits per heavy atom. The lowest BCUT2D eigenvalue weighted by molar-refractivity contribution is 0.280. The molecule has 0 radical (unpaired) electrons. The molecule has 0 unspecified atom stereocenters. The molecule has 2 aromatic carbocycles. The predicted octanol–water partition coefficient (Wildman–Crippen LogP) is 2.99. The Kier molecular flexibility index (Phi) is 4.18. The molecule has 0 aliphatic carbocycles. The van der Waals surface area contributed by atoms with Crippen LogP contribution in [0.4, 0.5) is 4.39 Å². The summed E-state index contributed by atoms with van der Waals surface area (Å²) >= 11 is 0. The summed E-state index contributed by atoms with van der Waals surface area (Å²) < 4.78 is 24.3. The molecule has 102 valence electrons. The van der Waals surface area contributed by atoms with Crippen LogP contribution in [0.3, 0.4) is 0 Å². The lowest BCUT2D eigenvalue weighted by Crippen LogP contribution is -1.94. The van der Waals surface area contributed by atoms with Gasteiger partial charge in [-0.15, -0.1) is 0 Å². The van der Waals surface area contributed by atoms with Gasteiger partial charge in [0.25, 0.3) is 0 Å². The van der Waals surface area contributed by atoms with E-state index in [4.69, 9.17) is 19.8 Å². The monoisotopic (exact) mass is 273 g/mol. The number of hydrogen-bond acceptors (Lipinski definition) is 4. The number of nitrogens with zero attached hydrogens (tertiary/aromatic N) is 1. The van der Waals surface area contributed by atoms with Crippen molar-refractivity contribution in [3.63, 3.8) is 0 Å². The average Bonchev–Trinajstić information content (AvgIpc) is 2.49. The van der Waals surface area contributed by atoms with Crippen molar-refractivity contribution in [1.29, 1.82) is 5.26 Å². The predicted molar refractivity (Wildman–Crippen MR) is 70.1 cm³/mol. The molecule has 1 N–H and O–H groups in total. The van der Waals surface area contributed by atoms with Gasteiger partial charge in [0.2, 0.25) is 0 Å². The van der Waals surface area contributed by atoms with E-state index in [-0.39, 0.29) is 17.9 Å². The van der Waals surface area contributed by atoms with Crippen LogP contribution in [0, 0.1) is 17.1 Å². The molecule has 2 rings (SSSR count). The number of hydrogen-bond donors (Lipinski definition) is 1. The molecule has 0 heterocycles. The standard InChI is InChI=1S/C15H12FNO3/c1-19-15-7-11(9-18)3-5-14(15)20-13-4-2-10(8-17)6-12(13)16/h2-7,18H,9H2,1H3. The summed E-state index contributed by atoms with van der Waals surface area (Å²) in [6, 6.07) is 10.6. The summed E-state index contributed by atoms with van der Waals surface area (Å²) in [7, 11) is 1.46. The van der Waals surface area contributed by atoms with Gasteiger partial charge >= 0.3 is 0 Å². The summed E-state index contributed by atoms with van der Waals surface area (Å²) in [5.74, 6) is 0.0880. The summed E-state index contributed by atoms with van der Waals surface area (Å²) in [5, 5.41) is 17.7. The van der Waals surface area contributed by atoms with E-state index in [0.717, 1.165) is 6.07 Å². The average molecular weight is 273 g/mol. The van der Waals surface area contributed by atoms with Gasteiger partial charge in [-0.25, -0.2) is 4.39 Å². The van der Waals surface area contributed by atoms with E-state index >= 15 is 0 Å². The molecule has 5 heteroatoms. The number of benzene rings is 2. The summed E-state index contributed by atoms with van der Waals surface area (Å²) in [4.78, 5) is 0. The Balaban J connectivity index is 2.32. The van der Waals surface area contributed by atoms with E-state index < -0.39 is 5.82 Å². The summed E-state index contributed by atoms with van der Waals surface area (Å²) in [5.41, 5.74) is 0.881. The van der Waals surface area contributed by atoms with E-state index in [1.54, 1.807) is 18.2 Å². The molecule has 20 heavy (non-hydrogen) atoms. The SMILES string of the molecule is COc1cc(CO)ccc1Oc1ccc(C#N)cc1F. The van der Waals surface area contributed by atoms with Gasteiger partial charge < -0.3 is 14.6 Å². The Morgan fingerprint density at radius 3 is 2.50 bits per heavy atom. The number of nitriles is 1. The molecular formula is C15H12FNO3. The van der Waals surface area contributed by atoms with Crippen LogP contribution in [-0.4, -0.2) is 12.2 Å². The highest BCUT2D eigenvalue weighted by molar-refractivity contribution is 5.46. The van der Waals surface area contributed by atoms with Crippen LogP contribution >= 0.6 is 0 Å². The summed E-state index contributed by atoms with van der Waals surface area (Å²) in [6.45, 7) is -0.123. The first-order valence-electron chi connectivity index (χ1n) is 5.83. The smallest absolute Gasteiger partial charge is 0.169 e. The zero-order valence-electron chi connectivity index (χ0n) is 10.8. The van der Waals surface area contributed by atoms with Crippen molar-refractivity contribution in [2.45, 2.75) is 6.61 Å². The molecule has 0 aromatic heterocycles. The molecule has 0 spiro atoms. The van der Waals surface area contributed by atoms with E-state index in [1.165, 1.54) is 19.2 Å². The van der Waals surface area contributed by atoms with Gasteiger partial charge in [0.05, 0.1) is 25.3 Å². The van der Waals surface area contributed by atoms with Gasteiger partial charge in [-0.3, -0.25) is 0 Å². The first kappa shape index (κ1) is 13.8. The highest BCUT2D eigenvalue weighted by atomic mass is 19.1. The maximum Gasteiger partial charge on any atom is 0.169 e. The van der Waals surface area contributed by atoms with Crippen LogP contribution in [0.5, 0.6) is 17.2 Å². The molecular weight excluding hydrogens is 261 g/mol. The Hall–Kier alpha value is -2.58. The summed E-state index contributed by atoms with van der Waals surface area (Å²) in [6.07, 6.45) is 0. The van der Waals surface area contributed by atoms with Crippen molar-refractivity contribution < 1.29 is 19.0 Å². The van der Waals surface area contributed by atoms with Crippen LogP contribution in [0.25, 0.3) is 0 Å². The number of halogens is 1. The lowest BCUT2D eigenvalue weighted by atomic mass is 10.2. The van der Waals surface area contributed by atoms with Crippen LogP contribution in [-0.2, 0) is 6.61 Å². The fourth-order valence-corrected chi connectivity index (χ4v) is 1.67. The maximum absolute atomic E-state index is 13.7.